The Kier molecular flexibility index (Phi) is 15.5. The van der Waals surface area contributed by atoms with Gasteiger partial charge in [-0.05, 0) is 182 Å². The smallest absolute Gasteiger partial charge is 0.489 e. The quantitative estimate of drug-likeness (QED) is 0.0800. The van der Waals surface area contributed by atoms with Crippen molar-refractivity contribution in [3.63, 3.8) is 0 Å². The minimum atomic E-state index is -0.974. The minimum Gasteiger partial charge on any atom is -0.489 e. The highest BCUT2D eigenvalue weighted by molar-refractivity contribution is 6.19. The van der Waals surface area contributed by atoms with E-state index < -0.39 is 17.7 Å². The normalized spacial score (nSPS) is 23.3. The Balaban J connectivity index is 0.000000108. The molecule has 19 nitrogen and oxygen atoms in total. The molecule has 4 aromatic carbocycles. The maximum absolute atomic E-state index is 14.3. The number of rotatable bonds is 9. The zero-order chi connectivity index (χ0) is 91.5. The van der Waals surface area contributed by atoms with Gasteiger partial charge in [0.2, 0.25) is 68.6 Å². The second kappa shape index (κ2) is 25.9. The summed E-state index contributed by atoms with van der Waals surface area (Å²) < 4.78 is 61.2. The van der Waals surface area contributed by atoms with E-state index in [1.165, 1.54) is 90.1 Å². The van der Waals surface area contributed by atoms with Crippen molar-refractivity contribution in [2.75, 3.05) is 34.5 Å². The summed E-state index contributed by atoms with van der Waals surface area (Å²) in [7, 11) is 5.42. The maximum atomic E-state index is 14.3. The van der Waals surface area contributed by atoms with Gasteiger partial charge in [-0.15, -0.1) is 0 Å². The van der Waals surface area contributed by atoms with E-state index >= 15 is 0 Å². The van der Waals surface area contributed by atoms with Gasteiger partial charge < -0.3 is 23.7 Å². The Morgan fingerprint density at radius 2 is 0.827 bits per heavy atom. The molecule has 19 heteroatoms. The molecule has 0 N–H and O–H groups in total. The highest BCUT2D eigenvalue weighted by Crippen LogP contribution is 2.62. The largest absolute Gasteiger partial charge is 0.553 e. The van der Waals surface area contributed by atoms with E-state index in [4.69, 9.17) is 23.7 Å². The van der Waals surface area contributed by atoms with E-state index in [1.54, 1.807) is 7.11 Å². The van der Waals surface area contributed by atoms with Gasteiger partial charge in [0, 0.05) is 96.2 Å². The van der Waals surface area contributed by atoms with Gasteiger partial charge in [-0.2, -0.15) is 27.4 Å². The number of methoxy groups -OCH3 is 3. The SMILES string of the molecule is CCOC(=O)c1c(-c2ccccc2)c2n3c1C=C1CC(C)(C)C4=[N+]1C31n3c(c(-c5ccccc5)c(C)c3=C(OC)C3=[N+]1C(=C2)C(C)(C)C3)=C4.CCOC(=O)c1c(C#Cc2ccccc2)c2n3c1C=C1CC(C)(C)C4=[N+]1C31n3c(c(C#Cc5ccccc5)c(C)c3=C(OC)C3=[N+]1C(=C2)C(C)(C)C3)=C4.COC1=C2CC(C)(C)C3=[N+]2C24n5c(ccc51)C=C1[N+]2=C(C=c2ccc(n24)=C3)CC1(C)C. The number of nitrogens with zero attached hydrogens (tertiary/aromatic N) is 12. The average Bonchev–Trinajstić information content (AvgIpc) is 1.47. The Morgan fingerprint density at radius 1 is 0.368 bits per heavy atom. The molecule has 3 spiro atoms. The van der Waals surface area contributed by atoms with E-state index in [1.807, 2.05) is 94.8 Å². The fourth-order valence-corrected chi connectivity index (χ4v) is 26.7. The summed E-state index contributed by atoms with van der Waals surface area (Å²) in [5.41, 5.74) is 31.6. The molecule has 3 unspecified atom stereocenters. The van der Waals surface area contributed by atoms with Gasteiger partial charge in [-0.3, -0.25) is 0 Å². The molecule has 0 radical (unpaired) electrons. The number of ether oxygens (including phenoxy) is 5. The second-order valence-electron chi connectivity index (χ2n) is 42.5. The zero-order valence-corrected chi connectivity index (χ0v) is 78.9. The van der Waals surface area contributed by atoms with E-state index in [0.29, 0.717) is 23.3 Å². The van der Waals surface area contributed by atoms with Crippen LogP contribution in [-0.4, -0.2) is 136 Å². The van der Waals surface area contributed by atoms with Crippen molar-refractivity contribution in [1.82, 2.24) is 27.4 Å². The number of aromatic nitrogens is 6. The number of allylic oxidation sites excluding steroid dienone is 6. The molecule has 18 aliphatic heterocycles. The third kappa shape index (κ3) is 9.48. The first-order valence-corrected chi connectivity index (χ1v) is 47.1. The standard InChI is InChI=1S/C46H40N4O3.C42H40N4O3.C26H26N4O/c1-8-53-43(51)40-33(22-20-30-17-13-10-14-18-30)35-25-39-45(5,6)27-37-42(52-7)41-28(2)32(21-19-29-15-11-9-12-16-29)34-24-38-44(3,4)26-31-23-36(40)48(35)46(47(31)38,49(37)39)50(34)41;1-8-49-39(47)36-28-19-27-22-40(3,4)32-20-29-34(25-15-11-9-12-16-25)24(2)37-38(48-7)31-23-41(5,6)33-21-30(35(36)26-17-13-10-14-18-26)44(28)42(43(27)32,45(31)33)46(29)37;1-24(2)13-18-10-15-6-7-16-11-22-25(3,4)14-20-23(31-5)19-9-8-17-12-21(24)29(18)26(27(15)16,28(17)19)30(20)22/h9-18,23-25H,8,26-27H2,1-7H3;9-21H,8,22-23H2,1-7H3;6-12H,13-14H2,1-5H3/q3*+2. The fourth-order valence-electron chi connectivity index (χ4n) is 26.7. The first-order valence-electron chi connectivity index (χ1n) is 47.1. The van der Waals surface area contributed by atoms with Crippen LogP contribution in [0, 0.1) is 70.0 Å². The second-order valence-corrected chi connectivity index (χ2v) is 42.5. The maximum Gasteiger partial charge on any atom is 0.553 e. The van der Waals surface area contributed by atoms with Gasteiger partial charge in [0.05, 0.1) is 153 Å². The summed E-state index contributed by atoms with van der Waals surface area (Å²) >= 11 is 0. The summed E-state index contributed by atoms with van der Waals surface area (Å²) in [5, 5.41) is 6.85. The van der Waals surface area contributed by atoms with Crippen molar-refractivity contribution < 1.29 is 60.7 Å². The molecule has 0 bridgehead atoms. The van der Waals surface area contributed by atoms with Crippen LogP contribution >= 0.6 is 0 Å². The predicted molar refractivity (Wildman–Crippen MR) is 516 cm³/mol. The van der Waals surface area contributed by atoms with Crippen molar-refractivity contribution in [2.45, 2.75) is 167 Å². The third-order valence-corrected chi connectivity index (χ3v) is 31.8. The van der Waals surface area contributed by atoms with E-state index in [2.05, 4.69) is 309 Å². The van der Waals surface area contributed by atoms with Crippen LogP contribution < -0.4 is 32.1 Å². The highest BCUT2D eigenvalue weighted by atomic mass is 16.5. The van der Waals surface area contributed by atoms with Crippen molar-refractivity contribution in [2.24, 2.45) is 32.5 Å². The van der Waals surface area contributed by atoms with Crippen LogP contribution in [0.2, 0.25) is 0 Å². The number of esters is 2. The summed E-state index contributed by atoms with van der Waals surface area (Å²) in [4.78, 5) is 28.7. The average molecular weight is 1760 g/mol. The molecule has 0 amide bonds. The lowest BCUT2D eigenvalue weighted by molar-refractivity contribution is -0.838. The van der Waals surface area contributed by atoms with E-state index in [9.17, 15) is 9.59 Å². The van der Waals surface area contributed by atoms with Crippen LogP contribution in [0.25, 0.3) is 94.2 Å². The molecular weight excluding hydrogens is 1650 g/mol. The molecular formula is C114H106N12O7+6. The Bertz CT molecular complexity index is 8380. The topological polar surface area (TPSA) is 128 Å². The summed E-state index contributed by atoms with van der Waals surface area (Å²) in [6, 6.07) is 50.4. The molecule has 3 atom stereocenters. The molecule has 10 aromatic rings. The molecule has 0 aliphatic carbocycles. The lowest BCUT2D eigenvalue weighted by atomic mass is 9.84. The van der Waals surface area contributed by atoms with Crippen LogP contribution in [-0.2, 0) is 41.4 Å². The van der Waals surface area contributed by atoms with Gasteiger partial charge in [-0.1, -0.05) is 148 Å². The lowest BCUT2D eigenvalue weighted by Gasteiger charge is -2.39. The van der Waals surface area contributed by atoms with Crippen molar-refractivity contribution in [3.05, 3.63) is 291 Å². The molecule has 0 fully saturated rings. The number of carbonyl (C=O) groups excluding carboxylic acids is 2. The minimum absolute atomic E-state index is 0.0334. The molecule has 658 valence electrons. The monoisotopic (exact) mass is 1750 g/mol. The Hall–Kier alpha value is -14.3. The van der Waals surface area contributed by atoms with Crippen molar-refractivity contribution >= 4 is 118 Å². The molecule has 0 saturated heterocycles. The first-order chi connectivity index (χ1) is 63.9. The molecule has 6 aromatic heterocycles. The fraction of sp³-hybridized carbons (Fsp3) is 0.316. The predicted octanol–water partition coefficient (Wildman–Crippen LogP) is 14.4. The summed E-state index contributed by atoms with van der Waals surface area (Å²) in [6.07, 6.45) is 26.4. The molecule has 24 heterocycles. The summed E-state index contributed by atoms with van der Waals surface area (Å²) in [6.45, 7) is 36.9. The van der Waals surface area contributed by atoms with Gasteiger partial charge in [-0.25, -0.2) is 9.59 Å². The van der Waals surface area contributed by atoms with E-state index in [-0.39, 0.29) is 51.0 Å². The zero-order valence-electron chi connectivity index (χ0n) is 78.9. The number of benzene rings is 4. The first kappa shape index (κ1) is 79.6. The Morgan fingerprint density at radius 3 is 1.39 bits per heavy atom. The van der Waals surface area contributed by atoms with Crippen LogP contribution in [0.4, 0.5) is 0 Å². The molecule has 18 aliphatic rings. The van der Waals surface area contributed by atoms with Gasteiger partial charge in [0.15, 0.2) is 17.1 Å². The highest BCUT2D eigenvalue weighted by Gasteiger charge is 2.80. The van der Waals surface area contributed by atoms with Crippen LogP contribution in [0.1, 0.15) is 224 Å². The van der Waals surface area contributed by atoms with Crippen LogP contribution in [0.5, 0.6) is 0 Å². The molecule has 0 saturated carbocycles. The van der Waals surface area contributed by atoms with Crippen LogP contribution in [0.15, 0.2) is 180 Å². The van der Waals surface area contributed by atoms with E-state index in [0.717, 1.165) is 150 Å². The van der Waals surface area contributed by atoms with Gasteiger partial charge in [0.25, 0.3) is 0 Å². The van der Waals surface area contributed by atoms with Crippen LogP contribution in [0.3, 0.4) is 0 Å². The number of carbonyl (C=O) groups is 2. The summed E-state index contributed by atoms with van der Waals surface area (Å²) in [5.74, 6) is 13.8. The number of hydrogen-bond donors (Lipinski definition) is 0. The van der Waals surface area contributed by atoms with Crippen molar-refractivity contribution in [1.29, 1.82) is 0 Å². The van der Waals surface area contributed by atoms with Crippen molar-refractivity contribution in [3.8, 4) is 45.9 Å². The lowest BCUT2D eigenvalue weighted by Crippen LogP contribution is -2.70. The third-order valence-electron chi connectivity index (χ3n) is 31.8. The van der Waals surface area contributed by atoms with Gasteiger partial charge >= 0.3 is 29.7 Å². The molecule has 133 heavy (non-hydrogen) atoms. The van der Waals surface area contributed by atoms with Gasteiger partial charge in [0.1, 0.15) is 22.0 Å². The number of hydrogen-bond acceptors (Lipinski definition) is 7. The Labute approximate surface area is 772 Å². The molecule has 28 rings (SSSR count).